The van der Waals surface area contributed by atoms with Crippen LogP contribution >= 0.6 is 11.8 Å². The lowest BCUT2D eigenvalue weighted by Crippen LogP contribution is -2.19. The van der Waals surface area contributed by atoms with Crippen LogP contribution in [0.5, 0.6) is 11.5 Å². The number of tetrazole rings is 1. The van der Waals surface area contributed by atoms with Gasteiger partial charge in [0.1, 0.15) is 18.0 Å². The Morgan fingerprint density at radius 1 is 1.04 bits per heavy atom. The van der Waals surface area contributed by atoms with Crippen molar-refractivity contribution in [3.63, 3.8) is 0 Å². The molecule has 140 valence electrons. The highest BCUT2D eigenvalue weighted by Crippen LogP contribution is 2.24. The van der Waals surface area contributed by atoms with Gasteiger partial charge in [-0.25, -0.2) is 4.68 Å². The minimum atomic E-state index is -4.44. The third kappa shape index (κ3) is 5.55. The average molecular weight is 394 g/mol. The Morgan fingerprint density at radius 3 is 2.37 bits per heavy atom. The second kappa shape index (κ2) is 8.21. The number of ether oxygens (including phenoxy) is 1. The summed E-state index contributed by atoms with van der Waals surface area (Å²) in [6.07, 6.45) is -4.44. The molecular weight excluding hydrogens is 381 g/mol. The number of para-hydroxylation sites is 1. The number of hydrogen-bond acceptors (Lipinski definition) is 6. The number of thioether (sulfide) groups is 1. The first-order chi connectivity index (χ1) is 12.9. The lowest BCUT2D eigenvalue weighted by molar-refractivity contribution is -0.144. The smallest absolute Gasteiger partial charge is 0.408 e. The maximum atomic E-state index is 12.5. The van der Waals surface area contributed by atoms with E-state index in [-0.39, 0.29) is 16.7 Å². The van der Waals surface area contributed by atoms with Crippen LogP contribution in [0, 0.1) is 0 Å². The Kier molecular flexibility index (Phi) is 5.75. The Balaban J connectivity index is 1.58. The fourth-order valence-corrected chi connectivity index (χ4v) is 2.89. The highest BCUT2D eigenvalue weighted by Gasteiger charge is 2.30. The normalized spacial score (nSPS) is 11.4. The molecule has 0 saturated carbocycles. The molecule has 6 nitrogen and oxygen atoms in total. The first kappa shape index (κ1) is 18.9. The van der Waals surface area contributed by atoms with Crippen LogP contribution in [0.25, 0.3) is 0 Å². The van der Waals surface area contributed by atoms with Gasteiger partial charge in [0.05, 0.1) is 5.75 Å². The molecule has 0 aliphatic heterocycles. The van der Waals surface area contributed by atoms with E-state index in [1.807, 2.05) is 18.2 Å². The minimum absolute atomic E-state index is 0.0651. The summed E-state index contributed by atoms with van der Waals surface area (Å²) in [7, 11) is 0. The molecule has 10 heteroatoms. The fourth-order valence-electron chi connectivity index (χ4n) is 2.12. The zero-order valence-corrected chi connectivity index (χ0v) is 14.6. The Hall–Kier alpha value is -2.88. The molecule has 0 fully saturated rings. The number of alkyl halides is 3. The molecule has 27 heavy (non-hydrogen) atoms. The van der Waals surface area contributed by atoms with Gasteiger partial charge in [-0.15, -0.1) is 5.10 Å². The van der Waals surface area contributed by atoms with E-state index in [4.69, 9.17) is 4.74 Å². The fraction of sp³-hybridized carbons (Fsp3) is 0.176. The van der Waals surface area contributed by atoms with E-state index in [9.17, 15) is 18.0 Å². The molecule has 0 aliphatic rings. The van der Waals surface area contributed by atoms with Gasteiger partial charge in [0, 0.05) is 5.56 Å². The quantitative estimate of drug-likeness (QED) is 0.446. The number of rotatable bonds is 7. The van der Waals surface area contributed by atoms with E-state index in [2.05, 4.69) is 15.5 Å². The zero-order valence-electron chi connectivity index (χ0n) is 13.8. The van der Waals surface area contributed by atoms with E-state index in [1.54, 1.807) is 36.4 Å². The topological polar surface area (TPSA) is 69.9 Å². The number of aromatic nitrogens is 4. The second-order valence-corrected chi connectivity index (χ2v) is 6.33. The van der Waals surface area contributed by atoms with Crippen molar-refractivity contribution < 1.29 is 22.7 Å². The van der Waals surface area contributed by atoms with Gasteiger partial charge in [0.2, 0.25) is 5.16 Å². The highest BCUT2D eigenvalue weighted by atomic mass is 32.2. The van der Waals surface area contributed by atoms with Gasteiger partial charge in [0.15, 0.2) is 5.78 Å². The number of carbonyl (C=O) groups excluding carboxylic acids is 1. The molecule has 2 aromatic carbocycles. The molecule has 0 unspecified atom stereocenters. The van der Waals surface area contributed by atoms with Gasteiger partial charge in [-0.1, -0.05) is 30.0 Å². The van der Waals surface area contributed by atoms with Crippen LogP contribution in [0.15, 0.2) is 59.8 Å². The lowest BCUT2D eigenvalue weighted by Gasteiger charge is -2.08. The summed E-state index contributed by atoms with van der Waals surface area (Å²) >= 11 is 0.850. The van der Waals surface area contributed by atoms with Crippen LogP contribution < -0.4 is 4.74 Å². The Morgan fingerprint density at radius 2 is 1.70 bits per heavy atom. The monoisotopic (exact) mass is 394 g/mol. The molecule has 3 rings (SSSR count). The molecule has 0 radical (unpaired) electrons. The highest BCUT2D eigenvalue weighted by molar-refractivity contribution is 7.99. The minimum Gasteiger partial charge on any atom is -0.457 e. The summed E-state index contributed by atoms with van der Waals surface area (Å²) in [4.78, 5) is 12.2. The third-order valence-electron chi connectivity index (χ3n) is 3.32. The predicted octanol–water partition coefficient (Wildman–Crippen LogP) is 4.00. The standard InChI is InChI=1S/C17H13F3N4O2S/c18-17(19,20)11-24-16(21-22-23-24)27-10-15(25)12-6-8-14(9-7-12)26-13-4-2-1-3-5-13/h1-9H,10-11H2. The van der Waals surface area contributed by atoms with Crippen molar-refractivity contribution in [1.29, 1.82) is 0 Å². The van der Waals surface area contributed by atoms with Crippen molar-refractivity contribution >= 4 is 17.5 Å². The molecular formula is C17H13F3N4O2S. The van der Waals surface area contributed by atoms with E-state index in [1.165, 1.54) is 0 Å². The SMILES string of the molecule is O=C(CSc1nnnn1CC(F)(F)F)c1ccc(Oc2ccccc2)cc1. The number of Topliss-reactive ketones (excluding diaryl/α,β-unsaturated/α-hetero) is 1. The van der Waals surface area contributed by atoms with E-state index in [0.29, 0.717) is 21.7 Å². The molecule has 0 bridgehead atoms. The first-order valence-corrected chi connectivity index (χ1v) is 8.71. The lowest BCUT2D eigenvalue weighted by atomic mass is 10.1. The van der Waals surface area contributed by atoms with Gasteiger partial charge < -0.3 is 4.74 Å². The number of hydrogen-bond donors (Lipinski definition) is 0. The molecule has 0 atom stereocenters. The third-order valence-corrected chi connectivity index (χ3v) is 4.27. The van der Waals surface area contributed by atoms with Crippen molar-refractivity contribution in [3.8, 4) is 11.5 Å². The molecule has 0 spiro atoms. The predicted molar refractivity (Wildman–Crippen MR) is 91.9 cm³/mol. The summed E-state index contributed by atoms with van der Waals surface area (Å²) in [5, 5.41) is 9.97. The number of nitrogens with zero attached hydrogens (tertiary/aromatic N) is 4. The van der Waals surface area contributed by atoms with Crippen LogP contribution in [-0.2, 0) is 6.54 Å². The van der Waals surface area contributed by atoms with Gasteiger partial charge in [0.25, 0.3) is 0 Å². The van der Waals surface area contributed by atoms with Crippen LogP contribution in [0.2, 0.25) is 0 Å². The van der Waals surface area contributed by atoms with Crippen LogP contribution in [0.4, 0.5) is 13.2 Å². The summed E-state index contributed by atoms with van der Waals surface area (Å²) < 4.78 is 43.6. The Bertz CT molecular complexity index is 899. The summed E-state index contributed by atoms with van der Waals surface area (Å²) in [5.41, 5.74) is 0.415. The number of ketones is 1. The van der Waals surface area contributed by atoms with Crippen LogP contribution in [-0.4, -0.2) is 37.9 Å². The van der Waals surface area contributed by atoms with Gasteiger partial charge >= 0.3 is 6.18 Å². The average Bonchev–Trinajstić information content (AvgIpc) is 3.06. The Labute approximate surface area is 156 Å². The van der Waals surface area contributed by atoms with Crippen molar-refractivity contribution in [2.45, 2.75) is 17.9 Å². The van der Waals surface area contributed by atoms with E-state index in [0.717, 1.165) is 11.8 Å². The first-order valence-electron chi connectivity index (χ1n) is 7.72. The number of carbonyl (C=O) groups is 1. The number of halogens is 3. The number of benzene rings is 2. The van der Waals surface area contributed by atoms with Gasteiger partial charge in [-0.05, 0) is 46.8 Å². The van der Waals surface area contributed by atoms with Crippen LogP contribution in [0.1, 0.15) is 10.4 Å². The molecule has 0 N–H and O–H groups in total. The molecule has 0 saturated heterocycles. The van der Waals surface area contributed by atoms with E-state index >= 15 is 0 Å². The maximum absolute atomic E-state index is 12.5. The molecule has 1 aromatic heterocycles. The van der Waals surface area contributed by atoms with Crippen molar-refractivity contribution in [2.24, 2.45) is 0 Å². The molecule has 0 amide bonds. The molecule has 1 heterocycles. The molecule has 0 aliphatic carbocycles. The van der Waals surface area contributed by atoms with Crippen molar-refractivity contribution in [3.05, 3.63) is 60.2 Å². The van der Waals surface area contributed by atoms with Gasteiger partial charge in [-0.3, -0.25) is 4.79 Å². The van der Waals surface area contributed by atoms with Gasteiger partial charge in [-0.2, -0.15) is 13.2 Å². The largest absolute Gasteiger partial charge is 0.457 e. The van der Waals surface area contributed by atoms with Crippen molar-refractivity contribution in [1.82, 2.24) is 20.2 Å². The zero-order chi connectivity index (χ0) is 19.3. The van der Waals surface area contributed by atoms with E-state index < -0.39 is 12.7 Å². The summed E-state index contributed by atoms with van der Waals surface area (Å²) in [6, 6.07) is 15.7. The summed E-state index contributed by atoms with van der Waals surface area (Å²) in [5.74, 6) is 0.896. The summed E-state index contributed by atoms with van der Waals surface area (Å²) in [6.45, 7) is -1.30. The molecule has 3 aromatic rings. The van der Waals surface area contributed by atoms with Crippen molar-refractivity contribution in [2.75, 3.05) is 5.75 Å². The van der Waals surface area contributed by atoms with Crippen LogP contribution in [0.3, 0.4) is 0 Å². The maximum Gasteiger partial charge on any atom is 0.408 e. The second-order valence-electron chi connectivity index (χ2n) is 5.39.